The third-order valence-electron chi connectivity index (χ3n) is 6.16. The Hall–Kier alpha value is -3.30. The van der Waals surface area contributed by atoms with Crippen molar-refractivity contribution in [3.63, 3.8) is 0 Å². The normalized spacial score (nSPS) is 16.9. The van der Waals surface area contributed by atoms with Crippen LogP contribution in [0, 0.1) is 17.8 Å². The van der Waals surface area contributed by atoms with Crippen LogP contribution in [0.2, 0.25) is 0 Å². The van der Waals surface area contributed by atoms with Crippen LogP contribution in [-0.4, -0.2) is 46.5 Å². The Labute approximate surface area is 191 Å². The fourth-order valence-corrected chi connectivity index (χ4v) is 4.43. The maximum absolute atomic E-state index is 13.1. The maximum atomic E-state index is 13.1. The van der Waals surface area contributed by atoms with Gasteiger partial charge in [0.2, 0.25) is 5.91 Å². The van der Waals surface area contributed by atoms with Crippen molar-refractivity contribution in [3.05, 3.63) is 47.5 Å². The molecule has 2 aromatic rings. The number of aliphatic carboxylic acids is 1. The van der Waals surface area contributed by atoms with Crippen LogP contribution in [0.15, 0.2) is 36.4 Å². The van der Waals surface area contributed by atoms with Gasteiger partial charge in [-0.25, -0.2) is 5.48 Å². The number of nitrogens with two attached hydrogens (primary N) is 1. The Kier molecular flexibility index (Phi) is 7.45. The van der Waals surface area contributed by atoms with Crippen molar-refractivity contribution in [2.75, 3.05) is 6.61 Å². The molecule has 3 rings (SSSR count). The fraction of sp³-hybridized carbons (Fsp3) is 0.417. The molecule has 0 saturated carbocycles. The van der Waals surface area contributed by atoms with Crippen LogP contribution in [0.1, 0.15) is 54.3 Å². The van der Waals surface area contributed by atoms with Gasteiger partial charge in [-0.05, 0) is 36.2 Å². The van der Waals surface area contributed by atoms with Gasteiger partial charge in [0.05, 0.1) is 35.7 Å². The number of amides is 3. The average molecular weight is 456 g/mol. The summed E-state index contributed by atoms with van der Waals surface area (Å²) in [5, 5.41) is 11.6. The zero-order valence-corrected chi connectivity index (χ0v) is 18.9. The van der Waals surface area contributed by atoms with Gasteiger partial charge in [-0.1, -0.05) is 44.5 Å². The van der Waals surface area contributed by atoms with Gasteiger partial charge in [-0.3, -0.25) is 28.9 Å². The van der Waals surface area contributed by atoms with Gasteiger partial charge >= 0.3 is 5.97 Å². The van der Waals surface area contributed by atoms with Gasteiger partial charge in [0.1, 0.15) is 0 Å². The second-order valence-electron chi connectivity index (χ2n) is 8.23. The van der Waals surface area contributed by atoms with E-state index in [0.717, 1.165) is 15.7 Å². The molecule has 0 bridgehead atoms. The number of carbonyl (C=O) groups excluding carboxylic acids is 3. The smallest absolute Gasteiger partial charge is 0.307 e. The third kappa shape index (κ3) is 4.60. The zero-order valence-electron chi connectivity index (χ0n) is 18.9. The summed E-state index contributed by atoms with van der Waals surface area (Å²) in [7, 11) is 0. The fourth-order valence-electron chi connectivity index (χ4n) is 4.43. The van der Waals surface area contributed by atoms with Crippen LogP contribution in [0.25, 0.3) is 10.8 Å². The lowest BCUT2D eigenvalue weighted by atomic mass is 9.78. The summed E-state index contributed by atoms with van der Waals surface area (Å²) < 4.78 is 0. The Morgan fingerprint density at radius 2 is 1.64 bits per heavy atom. The highest BCUT2D eigenvalue weighted by Crippen LogP contribution is 2.34. The summed E-state index contributed by atoms with van der Waals surface area (Å²) in [5.41, 5.74) is 9.07. The van der Waals surface area contributed by atoms with Crippen molar-refractivity contribution in [2.24, 2.45) is 23.5 Å². The Morgan fingerprint density at radius 3 is 2.09 bits per heavy atom. The van der Waals surface area contributed by atoms with Crippen molar-refractivity contribution in [1.29, 1.82) is 0 Å². The van der Waals surface area contributed by atoms with E-state index in [0.29, 0.717) is 6.42 Å². The molecule has 4 atom stereocenters. The number of hydrogen-bond donors (Lipinski definition) is 3. The summed E-state index contributed by atoms with van der Waals surface area (Å²) >= 11 is 0. The molecule has 1 heterocycles. The van der Waals surface area contributed by atoms with E-state index in [1.54, 1.807) is 26.0 Å². The molecule has 3 amide bonds. The number of imide groups is 1. The van der Waals surface area contributed by atoms with E-state index in [4.69, 9.17) is 10.6 Å². The molecule has 9 nitrogen and oxygen atoms in total. The molecule has 176 valence electrons. The van der Waals surface area contributed by atoms with Crippen LogP contribution in [0.5, 0.6) is 0 Å². The number of carboxylic acids is 1. The van der Waals surface area contributed by atoms with E-state index in [9.17, 15) is 24.3 Å². The molecule has 2 unspecified atom stereocenters. The lowest BCUT2D eigenvalue weighted by Crippen LogP contribution is -2.54. The van der Waals surface area contributed by atoms with Gasteiger partial charge in [-0.2, -0.15) is 0 Å². The van der Waals surface area contributed by atoms with E-state index in [-0.39, 0.29) is 24.2 Å². The minimum atomic E-state index is -1.24. The highest BCUT2D eigenvalue weighted by atomic mass is 16.6. The van der Waals surface area contributed by atoms with Crippen molar-refractivity contribution in [1.82, 2.24) is 10.4 Å². The lowest BCUT2D eigenvalue weighted by Gasteiger charge is -2.34. The number of carbonyl (C=O) groups is 4. The first kappa shape index (κ1) is 24.3. The van der Waals surface area contributed by atoms with Crippen molar-refractivity contribution in [2.45, 2.75) is 39.8 Å². The molecule has 0 aromatic heterocycles. The second kappa shape index (κ2) is 10.1. The van der Waals surface area contributed by atoms with Gasteiger partial charge < -0.3 is 10.8 Å². The van der Waals surface area contributed by atoms with Crippen molar-refractivity contribution < 1.29 is 29.1 Å². The highest BCUT2D eigenvalue weighted by Gasteiger charge is 2.46. The number of hydrogen-bond acceptors (Lipinski definition) is 6. The Balaban J connectivity index is 1.92. The summed E-state index contributed by atoms with van der Waals surface area (Å²) in [4.78, 5) is 57.0. The van der Waals surface area contributed by atoms with Gasteiger partial charge in [-0.15, -0.1) is 0 Å². The Morgan fingerprint density at radius 1 is 1.09 bits per heavy atom. The van der Waals surface area contributed by atoms with Crippen LogP contribution < -0.4 is 11.2 Å². The number of nitrogens with one attached hydrogen (secondary N) is 1. The molecule has 1 aliphatic heterocycles. The number of carboxylic acid groups (broad SMARTS) is 1. The second-order valence-corrected chi connectivity index (χ2v) is 8.23. The zero-order chi connectivity index (χ0) is 24.3. The first-order chi connectivity index (χ1) is 15.7. The molecule has 9 heteroatoms. The summed E-state index contributed by atoms with van der Waals surface area (Å²) in [6.07, 6.45) is -0.406. The number of nitrogens with zero attached hydrogens (tertiary/aromatic N) is 1. The van der Waals surface area contributed by atoms with Gasteiger partial charge in [0.25, 0.3) is 11.8 Å². The molecule has 4 N–H and O–H groups in total. The highest BCUT2D eigenvalue weighted by molar-refractivity contribution is 6.23. The molecule has 0 radical (unpaired) electrons. The van der Waals surface area contributed by atoms with E-state index in [1.165, 1.54) is 0 Å². The molecule has 0 fully saturated rings. The molecule has 0 aliphatic carbocycles. The molecule has 2 aromatic carbocycles. The van der Waals surface area contributed by atoms with Crippen LogP contribution in [0.4, 0.5) is 0 Å². The molecule has 33 heavy (non-hydrogen) atoms. The molecular weight excluding hydrogens is 426 g/mol. The van der Waals surface area contributed by atoms with Crippen molar-refractivity contribution >= 4 is 34.5 Å². The quantitative estimate of drug-likeness (QED) is 0.369. The summed E-state index contributed by atoms with van der Waals surface area (Å²) in [6.45, 7) is 5.29. The van der Waals surface area contributed by atoms with Crippen LogP contribution >= 0.6 is 0 Å². The van der Waals surface area contributed by atoms with Gasteiger partial charge in [0.15, 0.2) is 0 Å². The first-order valence-electron chi connectivity index (χ1n) is 11.0. The molecule has 0 spiro atoms. The summed E-state index contributed by atoms with van der Waals surface area (Å²) in [6, 6.07) is 10.6. The van der Waals surface area contributed by atoms with Crippen LogP contribution in [0.3, 0.4) is 0 Å². The monoisotopic (exact) mass is 455 g/mol. The molecule has 0 saturated heterocycles. The van der Waals surface area contributed by atoms with E-state index < -0.39 is 47.6 Å². The molecular formula is C24H29N3O6. The molecule has 1 aliphatic rings. The summed E-state index contributed by atoms with van der Waals surface area (Å²) in [5.74, 6) is -6.03. The largest absolute Gasteiger partial charge is 0.481 e. The number of rotatable bonds is 10. The predicted octanol–water partition coefficient (Wildman–Crippen LogP) is 2.54. The number of benzene rings is 2. The maximum Gasteiger partial charge on any atom is 0.307 e. The SMILES string of the molecule is CCC[C@H](C(=O)NOCC)[C@H](C(=O)O)C(C)C(N)N1C(=O)c2cc3ccccc3cc2C1=O. The average Bonchev–Trinajstić information content (AvgIpc) is 3.04. The van der Waals surface area contributed by atoms with E-state index in [1.807, 2.05) is 31.2 Å². The lowest BCUT2D eigenvalue weighted by molar-refractivity contribution is -0.154. The minimum absolute atomic E-state index is 0.223. The van der Waals surface area contributed by atoms with E-state index >= 15 is 0 Å². The van der Waals surface area contributed by atoms with Crippen molar-refractivity contribution in [3.8, 4) is 0 Å². The van der Waals surface area contributed by atoms with Gasteiger partial charge in [0, 0.05) is 5.92 Å². The third-order valence-corrected chi connectivity index (χ3v) is 6.16. The predicted molar refractivity (Wildman–Crippen MR) is 121 cm³/mol. The van der Waals surface area contributed by atoms with Crippen LogP contribution in [-0.2, 0) is 14.4 Å². The topological polar surface area (TPSA) is 139 Å². The minimum Gasteiger partial charge on any atom is -0.481 e. The standard InChI is InChI=1S/C24H29N3O6/c1-4-8-16(21(28)26-33-5-2)19(24(31)32)13(3)20(25)27-22(29)17-11-14-9-6-7-10-15(14)12-18(17)23(27)30/h6-7,9-13,16,19-20H,4-5,8,25H2,1-3H3,(H,26,28)(H,31,32)/t13?,16-,19+,20?/m0/s1. The first-order valence-corrected chi connectivity index (χ1v) is 11.0. The van der Waals surface area contributed by atoms with E-state index in [2.05, 4.69) is 5.48 Å². The number of fused-ring (bicyclic) bond motifs is 2. The Bertz CT molecular complexity index is 1030. The number of hydroxylamine groups is 1.